The van der Waals surface area contributed by atoms with E-state index in [0.29, 0.717) is 5.56 Å². The Labute approximate surface area is 116 Å². The summed E-state index contributed by atoms with van der Waals surface area (Å²) in [6.45, 7) is 1.75. The quantitative estimate of drug-likeness (QED) is 0.845. The zero-order valence-electron chi connectivity index (χ0n) is 11.0. The number of rotatable bonds is 4. The fourth-order valence-electron chi connectivity index (χ4n) is 2.38. The maximum Gasteiger partial charge on any atom is 0.261 e. The Balaban J connectivity index is 2.33. The normalized spacial score (nSPS) is 18.2. The van der Waals surface area contributed by atoms with Gasteiger partial charge < -0.3 is 5.11 Å². The van der Waals surface area contributed by atoms with Gasteiger partial charge in [-0.05, 0) is 24.8 Å². The average Bonchev–Trinajstić information content (AvgIpc) is 2.40. The minimum absolute atomic E-state index is 0.0545. The van der Waals surface area contributed by atoms with Gasteiger partial charge in [-0.3, -0.25) is 14.5 Å². The van der Waals surface area contributed by atoms with Crippen LogP contribution < -0.4 is 0 Å². The summed E-state index contributed by atoms with van der Waals surface area (Å²) in [5.74, 6) is -0.449. The second kappa shape index (κ2) is 5.75. The number of aliphatic hydroxyl groups excluding tert-OH is 1. The van der Waals surface area contributed by atoms with Crippen molar-refractivity contribution >= 4 is 23.6 Å². The lowest BCUT2D eigenvalue weighted by atomic mass is 9.97. The van der Waals surface area contributed by atoms with Crippen LogP contribution in [0, 0.1) is 0 Å². The highest BCUT2D eigenvalue weighted by atomic mass is 32.2. The highest BCUT2D eigenvalue weighted by molar-refractivity contribution is 7.99. The van der Waals surface area contributed by atoms with E-state index in [-0.39, 0.29) is 36.1 Å². The van der Waals surface area contributed by atoms with Crippen LogP contribution in [0.1, 0.15) is 22.8 Å². The van der Waals surface area contributed by atoms with Crippen LogP contribution in [0.5, 0.6) is 0 Å². The number of carbonyl (C=O) groups excluding carboxylic acids is 2. The maximum atomic E-state index is 12.4. The molecular formula is C14H17NO3S. The van der Waals surface area contributed by atoms with Crippen molar-refractivity contribution in [2.24, 2.45) is 0 Å². The molecule has 4 nitrogen and oxygen atoms in total. The molecule has 2 unspecified atom stereocenters. The van der Waals surface area contributed by atoms with Gasteiger partial charge >= 0.3 is 0 Å². The van der Waals surface area contributed by atoms with Gasteiger partial charge in [-0.25, -0.2) is 0 Å². The van der Waals surface area contributed by atoms with E-state index >= 15 is 0 Å². The molecule has 0 spiro atoms. The lowest BCUT2D eigenvalue weighted by Gasteiger charge is -2.34. The van der Waals surface area contributed by atoms with E-state index in [1.165, 1.54) is 16.7 Å². The number of hydrogen-bond donors (Lipinski definition) is 1. The Hall–Kier alpha value is -1.33. The number of nitrogens with zero attached hydrogens (tertiary/aromatic N) is 1. The summed E-state index contributed by atoms with van der Waals surface area (Å²) in [4.78, 5) is 25.9. The molecule has 2 amide bonds. The molecule has 0 fully saturated rings. The second-order valence-corrected chi connectivity index (χ2v) is 5.68. The Morgan fingerprint density at radius 2 is 2.05 bits per heavy atom. The first-order chi connectivity index (χ1) is 9.10. The van der Waals surface area contributed by atoms with Crippen molar-refractivity contribution in [3.05, 3.63) is 35.4 Å². The van der Waals surface area contributed by atoms with E-state index in [1.54, 1.807) is 19.1 Å². The number of carbonyl (C=O) groups is 2. The van der Waals surface area contributed by atoms with Gasteiger partial charge in [0, 0.05) is 10.8 Å². The Bertz CT molecular complexity index is 499. The van der Waals surface area contributed by atoms with Crippen LogP contribution in [-0.2, 0) is 11.2 Å². The zero-order valence-corrected chi connectivity index (χ0v) is 11.8. The Morgan fingerprint density at radius 1 is 1.37 bits per heavy atom. The molecule has 102 valence electrons. The van der Waals surface area contributed by atoms with Crippen LogP contribution in [0.25, 0.3) is 0 Å². The number of fused-ring (bicyclic) bond motifs is 1. The monoisotopic (exact) mass is 279 g/mol. The first-order valence-corrected chi connectivity index (χ1v) is 7.47. The minimum atomic E-state index is -0.312. The lowest BCUT2D eigenvalue weighted by molar-refractivity contribution is -0.130. The Morgan fingerprint density at radius 3 is 2.68 bits per heavy atom. The molecule has 19 heavy (non-hydrogen) atoms. The highest BCUT2D eigenvalue weighted by Crippen LogP contribution is 2.25. The molecule has 2 atom stereocenters. The van der Waals surface area contributed by atoms with Gasteiger partial charge in [-0.15, -0.1) is 0 Å². The van der Waals surface area contributed by atoms with Gasteiger partial charge in [0.15, 0.2) is 0 Å². The van der Waals surface area contributed by atoms with E-state index in [4.69, 9.17) is 0 Å². The lowest BCUT2D eigenvalue weighted by Crippen LogP contribution is -2.51. The first-order valence-electron chi connectivity index (χ1n) is 6.18. The number of thioether (sulfide) groups is 1. The molecule has 1 aromatic rings. The van der Waals surface area contributed by atoms with E-state index in [1.807, 2.05) is 18.4 Å². The van der Waals surface area contributed by atoms with Gasteiger partial charge in [0.05, 0.1) is 19.1 Å². The highest BCUT2D eigenvalue weighted by Gasteiger charge is 2.36. The molecule has 2 rings (SSSR count). The molecule has 1 aliphatic heterocycles. The van der Waals surface area contributed by atoms with Gasteiger partial charge in [-0.1, -0.05) is 18.2 Å². The maximum absolute atomic E-state index is 12.4. The minimum Gasteiger partial charge on any atom is -0.395 e. The fourth-order valence-corrected chi connectivity index (χ4v) is 3.04. The summed E-state index contributed by atoms with van der Waals surface area (Å²) >= 11 is 1.46. The topological polar surface area (TPSA) is 57.6 Å². The molecule has 1 heterocycles. The predicted molar refractivity (Wildman–Crippen MR) is 75.2 cm³/mol. The smallest absolute Gasteiger partial charge is 0.261 e. The summed E-state index contributed by atoms with van der Waals surface area (Å²) in [5.41, 5.74) is 1.37. The molecule has 1 N–H and O–H groups in total. The largest absolute Gasteiger partial charge is 0.395 e. The van der Waals surface area contributed by atoms with Crippen LogP contribution >= 0.6 is 11.8 Å². The first kappa shape index (κ1) is 14.1. The number of amides is 2. The second-order valence-electron chi connectivity index (χ2n) is 4.60. The fraction of sp³-hybridized carbons (Fsp3) is 0.429. The standard InChI is InChI=1S/C14H17NO3S/c1-9(12(8-16)19-2)15-13(17)7-10-5-3-4-6-11(10)14(15)18/h3-6,9,12,16H,7-8H2,1-2H3. The summed E-state index contributed by atoms with van der Waals surface area (Å²) < 4.78 is 0. The van der Waals surface area contributed by atoms with Crippen LogP contribution in [-0.4, -0.2) is 46.0 Å². The molecule has 5 heteroatoms. The van der Waals surface area contributed by atoms with E-state index in [2.05, 4.69) is 0 Å². The summed E-state index contributed by atoms with van der Waals surface area (Å²) in [6, 6.07) is 6.88. The molecule has 0 saturated heterocycles. The number of imide groups is 1. The molecule has 1 aliphatic rings. The molecule has 0 radical (unpaired) electrons. The third-order valence-corrected chi connectivity index (χ3v) is 4.65. The van der Waals surface area contributed by atoms with Gasteiger partial charge in [0.2, 0.25) is 5.91 Å². The van der Waals surface area contributed by atoms with Crippen molar-refractivity contribution in [1.29, 1.82) is 0 Å². The van der Waals surface area contributed by atoms with Crippen molar-refractivity contribution in [3.8, 4) is 0 Å². The van der Waals surface area contributed by atoms with E-state index < -0.39 is 0 Å². The molecular weight excluding hydrogens is 262 g/mol. The molecule has 1 aromatic carbocycles. The van der Waals surface area contributed by atoms with Crippen molar-refractivity contribution in [1.82, 2.24) is 4.90 Å². The summed E-state index contributed by atoms with van der Waals surface area (Å²) in [6.07, 6.45) is 2.11. The molecule has 0 bridgehead atoms. The molecule has 0 aromatic heterocycles. The number of benzene rings is 1. The Kier molecular flexibility index (Phi) is 4.27. The number of aliphatic hydroxyl groups is 1. The number of hydrogen-bond acceptors (Lipinski definition) is 4. The van der Waals surface area contributed by atoms with Crippen LogP contribution in [0.15, 0.2) is 24.3 Å². The van der Waals surface area contributed by atoms with Gasteiger partial charge in [-0.2, -0.15) is 11.8 Å². The SMILES string of the molecule is CSC(CO)C(C)N1C(=O)Cc2ccccc2C1=O. The summed E-state index contributed by atoms with van der Waals surface area (Å²) in [5, 5.41) is 9.17. The van der Waals surface area contributed by atoms with E-state index in [0.717, 1.165) is 5.56 Å². The van der Waals surface area contributed by atoms with Crippen LogP contribution in [0.4, 0.5) is 0 Å². The van der Waals surface area contributed by atoms with Crippen molar-refractivity contribution in [2.75, 3.05) is 12.9 Å². The van der Waals surface area contributed by atoms with E-state index in [9.17, 15) is 14.7 Å². The third-order valence-electron chi connectivity index (χ3n) is 3.50. The van der Waals surface area contributed by atoms with Crippen molar-refractivity contribution < 1.29 is 14.7 Å². The van der Waals surface area contributed by atoms with Crippen molar-refractivity contribution in [2.45, 2.75) is 24.6 Å². The predicted octanol–water partition coefficient (Wildman–Crippen LogP) is 1.32. The zero-order chi connectivity index (χ0) is 14.0. The average molecular weight is 279 g/mol. The van der Waals surface area contributed by atoms with Crippen LogP contribution in [0.3, 0.4) is 0 Å². The molecule has 0 aliphatic carbocycles. The van der Waals surface area contributed by atoms with Crippen molar-refractivity contribution in [3.63, 3.8) is 0 Å². The van der Waals surface area contributed by atoms with Crippen LogP contribution in [0.2, 0.25) is 0 Å². The van der Waals surface area contributed by atoms with Gasteiger partial charge in [0.25, 0.3) is 5.91 Å². The molecule has 0 saturated carbocycles. The summed E-state index contributed by atoms with van der Waals surface area (Å²) in [7, 11) is 0. The van der Waals surface area contributed by atoms with Gasteiger partial charge in [0.1, 0.15) is 0 Å². The third kappa shape index (κ3) is 2.53.